The summed E-state index contributed by atoms with van der Waals surface area (Å²) in [7, 11) is 0. The van der Waals surface area contributed by atoms with Gasteiger partial charge < -0.3 is 9.30 Å². The van der Waals surface area contributed by atoms with E-state index in [-0.39, 0.29) is 25.4 Å². The maximum atomic E-state index is 13.4. The van der Waals surface area contributed by atoms with Crippen molar-refractivity contribution in [2.45, 2.75) is 25.3 Å². The SMILES string of the molecule is O=C(Cc1cn(C(NCc2cccc(C(F)(F)F)c2)c2ccccc2)c2ccccc12)OCC(=O)c1ccc(-c2ccccc2)cc1. The van der Waals surface area contributed by atoms with Crippen molar-refractivity contribution in [2.75, 3.05) is 6.61 Å². The zero-order chi connectivity index (χ0) is 32.8. The molecule has 6 rings (SSSR count). The van der Waals surface area contributed by atoms with Gasteiger partial charge in [0.25, 0.3) is 0 Å². The van der Waals surface area contributed by atoms with Gasteiger partial charge in [-0.1, -0.05) is 121 Å². The Morgan fingerprint density at radius 2 is 1.40 bits per heavy atom. The van der Waals surface area contributed by atoms with Crippen LogP contribution in [0.5, 0.6) is 0 Å². The number of benzene rings is 5. The summed E-state index contributed by atoms with van der Waals surface area (Å²) < 4.78 is 47.5. The highest BCUT2D eigenvalue weighted by Gasteiger charge is 2.30. The fourth-order valence-corrected chi connectivity index (χ4v) is 5.63. The van der Waals surface area contributed by atoms with Gasteiger partial charge in [0.05, 0.1) is 12.0 Å². The molecule has 1 heterocycles. The first kappa shape index (κ1) is 31.5. The van der Waals surface area contributed by atoms with Crippen LogP contribution in [0.25, 0.3) is 22.0 Å². The number of fused-ring (bicyclic) bond motifs is 1. The number of ketones is 1. The Labute approximate surface area is 270 Å². The molecule has 0 aliphatic carbocycles. The summed E-state index contributed by atoms with van der Waals surface area (Å²) in [5.74, 6) is -0.848. The highest BCUT2D eigenvalue weighted by Crippen LogP contribution is 2.31. The molecule has 1 N–H and O–H groups in total. The zero-order valence-corrected chi connectivity index (χ0v) is 25.3. The van der Waals surface area contributed by atoms with Crippen LogP contribution >= 0.6 is 0 Å². The van der Waals surface area contributed by atoms with Gasteiger partial charge in [-0.05, 0) is 39.9 Å². The van der Waals surface area contributed by atoms with Gasteiger partial charge in [0.2, 0.25) is 0 Å². The van der Waals surface area contributed by atoms with E-state index in [4.69, 9.17) is 4.74 Å². The zero-order valence-electron chi connectivity index (χ0n) is 25.3. The third-order valence-electron chi connectivity index (χ3n) is 7.98. The highest BCUT2D eigenvalue weighted by molar-refractivity contribution is 5.98. The van der Waals surface area contributed by atoms with E-state index in [2.05, 4.69) is 5.32 Å². The van der Waals surface area contributed by atoms with E-state index in [1.54, 1.807) is 18.2 Å². The predicted molar refractivity (Wildman–Crippen MR) is 176 cm³/mol. The largest absolute Gasteiger partial charge is 0.457 e. The van der Waals surface area contributed by atoms with Gasteiger partial charge in [0.1, 0.15) is 6.17 Å². The maximum absolute atomic E-state index is 13.4. The minimum Gasteiger partial charge on any atom is -0.457 e. The molecule has 47 heavy (non-hydrogen) atoms. The molecule has 6 aromatic rings. The van der Waals surface area contributed by atoms with Crippen molar-refractivity contribution >= 4 is 22.7 Å². The van der Waals surface area contributed by atoms with Crippen LogP contribution in [0, 0.1) is 0 Å². The number of alkyl halides is 3. The Kier molecular flexibility index (Phi) is 9.31. The van der Waals surface area contributed by atoms with Crippen LogP contribution in [0.2, 0.25) is 0 Å². The molecule has 1 unspecified atom stereocenters. The molecule has 0 saturated heterocycles. The van der Waals surface area contributed by atoms with Crippen molar-refractivity contribution in [3.8, 4) is 11.1 Å². The second-order valence-electron chi connectivity index (χ2n) is 11.2. The van der Waals surface area contributed by atoms with E-state index in [0.717, 1.165) is 39.7 Å². The van der Waals surface area contributed by atoms with E-state index < -0.39 is 23.9 Å². The summed E-state index contributed by atoms with van der Waals surface area (Å²) in [6, 6.07) is 39.4. The van der Waals surface area contributed by atoms with Crippen LogP contribution in [0.15, 0.2) is 140 Å². The first-order chi connectivity index (χ1) is 22.8. The van der Waals surface area contributed by atoms with Gasteiger partial charge in [-0.2, -0.15) is 13.2 Å². The van der Waals surface area contributed by atoms with Crippen molar-refractivity contribution in [2.24, 2.45) is 0 Å². The first-order valence-electron chi connectivity index (χ1n) is 15.1. The van der Waals surface area contributed by atoms with Gasteiger partial charge in [-0.3, -0.25) is 14.9 Å². The fraction of sp³-hybridized carbons (Fsp3) is 0.128. The Morgan fingerprint density at radius 3 is 2.13 bits per heavy atom. The van der Waals surface area contributed by atoms with E-state index in [1.165, 1.54) is 6.07 Å². The Balaban J connectivity index is 1.18. The number of rotatable bonds is 11. The molecular formula is C39H31F3N2O3. The molecular weight excluding hydrogens is 601 g/mol. The van der Waals surface area contributed by atoms with Gasteiger partial charge >= 0.3 is 12.1 Å². The number of Topliss-reactive ketones (excluding diaryl/α,β-unsaturated/α-hetero) is 1. The lowest BCUT2D eigenvalue weighted by molar-refractivity contribution is -0.141. The third-order valence-corrected chi connectivity index (χ3v) is 7.98. The van der Waals surface area contributed by atoms with Crippen LogP contribution in [0.1, 0.15) is 38.8 Å². The van der Waals surface area contributed by atoms with Crippen molar-refractivity contribution in [3.05, 3.63) is 167 Å². The molecule has 0 amide bonds. The molecule has 1 atom stereocenters. The number of hydrogen-bond acceptors (Lipinski definition) is 4. The smallest absolute Gasteiger partial charge is 0.416 e. The number of halogens is 3. The number of nitrogens with zero attached hydrogens (tertiary/aromatic N) is 1. The molecule has 1 aromatic heterocycles. The average molecular weight is 633 g/mol. The Morgan fingerprint density at radius 1 is 0.745 bits per heavy atom. The molecule has 5 aromatic carbocycles. The summed E-state index contributed by atoms with van der Waals surface area (Å²) in [5, 5.41) is 4.24. The van der Waals surface area contributed by atoms with Crippen molar-refractivity contribution in [1.29, 1.82) is 0 Å². The topological polar surface area (TPSA) is 60.3 Å². The van der Waals surface area contributed by atoms with Gasteiger partial charge in [0, 0.05) is 29.2 Å². The molecule has 0 saturated carbocycles. The molecule has 0 aliphatic heterocycles. The van der Waals surface area contributed by atoms with E-state index in [9.17, 15) is 22.8 Å². The Bertz CT molecular complexity index is 1990. The standard InChI is InChI=1S/C39H31F3N2O3/c40-39(41,42)33-15-9-10-27(22-33)24-43-38(31-13-5-2-6-14-31)44-25-32(34-16-7-8-17-35(34)44)23-37(46)47-26-36(45)30-20-18-29(19-21-30)28-11-3-1-4-12-28/h1-22,25,38,43H,23-24,26H2. The lowest BCUT2D eigenvalue weighted by atomic mass is 10.0. The van der Waals surface area contributed by atoms with Crippen molar-refractivity contribution in [1.82, 2.24) is 9.88 Å². The Hall–Kier alpha value is -5.47. The number of aromatic nitrogens is 1. The van der Waals surface area contributed by atoms with E-state index >= 15 is 0 Å². The summed E-state index contributed by atoms with van der Waals surface area (Å²) in [4.78, 5) is 25.8. The maximum Gasteiger partial charge on any atom is 0.416 e. The molecule has 0 spiro atoms. The van der Waals surface area contributed by atoms with E-state index in [0.29, 0.717) is 16.7 Å². The van der Waals surface area contributed by atoms with Gasteiger partial charge in [0.15, 0.2) is 12.4 Å². The number of para-hydroxylation sites is 1. The van der Waals surface area contributed by atoms with Crippen LogP contribution in [0.3, 0.4) is 0 Å². The number of hydrogen-bond donors (Lipinski definition) is 1. The highest BCUT2D eigenvalue weighted by atomic mass is 19.4. The second-order valence-corrected chi connectivity index (χ2v) is 11.2. The summed E-state index contributed by atoms with van der Waals surface area (Å²) in [6.45, 7) is -0.213. The molecule has 5 nitrogen and oxygen atoms in total. The number of carbonyl (C=O) groups excluding carboxylic acids is 2. The lowest BCUT2D eigenvalue weighted by Crippen LogP contribution is -2.27. The molecule has 0 fully saturated rings. The van der Waals surface area contributed by atoms with Crippen molar-refractivity contribution < 1.29 is 27.5 Å². The predicted octanol–water partition coefficient (Wildman–Crippen LogP) is 8.63. The summed E-state index contributed by atoms with van der Waals surface area (Å²) in [6.07, 6.45) is -3.11. The number of ether oxygens (including phenoxy) is 1. The van der Waals surface area contributed by atoms with Gasteiger partial charge in [-0.15, -0.1) is 0 Å². The molecule has 0 aliphatic rings. The third kappa shape index (κ3) is 7.51. The average Bonchev–Trinajstić information content (AvgIpc) is 3.45. The molecule has 0 bridgehead atoms. The number of nitrogens with one attached hydrogen (secondary N) is 1. The quantitative estimate of drug-likeness (QED) is 0.115. The first-order valence-corrected chi connectivity index (χ1v) is 15.1. The lowest BCUT2D eigenvalue weighted by Gasteiger charge is -2.23. The summed E-state index contributed by atoms with van der Waals surface area (Å²) >= 11 is 0. The number of esters is 1. The monoisotopic (exact) mass is 632 g/mol. The molecule has 8 heteroatoms. The second kappa shape index (κ2) is 13.9. The van der Waals surface area contributed by atoms with Gasteiger partial charge in [-0.25, -0.2) is 0 Å². The van der Waals surface area contributed by atoms with Crippen LogP contribution in [-0.4, -0.2) is 22.9 Å². The summed E-state index contributed by atoms with van der Waals surface area (Å²) in [5.41, 5.74) is 4.67. The molecule has 0 radical (unpaired) electrons. The minimum atomic E-state index is -4.44. The normalized spacial score (nSPS) is 12.1. The minimum absolute atomic E-state index is 0.0666. The fourth-order valence-electron chi connectivity index (χ4n) is 5.63. The molecule has 236 valence electrons. The van der Waals surface area contributed by atoms with E-state index in [1.807, 2.05) is 108 Å². The van der Waals surface area contributed by atoms with Crippen LogP contribution in [-0.2, 0) is 28.7 Å². The van der Waals surface area contributed by atoms with Crippen LogP contribution < -0.4 is 5.32 Å². The van der Waals surface area contributed by atoms with Crippen LogP contribution in [0.4, 0.5) is 13.2 Å². The van der Waals surface area contributed by atoms with Crippen molar-refractivity contribution in [3.63, 3.8) is 0 Å². The number of carbonyl (C=O) groups is 2.